The zero-order valence-electron chi connectivity index (χ0n) is 12.2. The van der Waals surface area contributed by atoms with Crippen molar-refractivity contribution in [3.63, 3.8) is 0 Å². The Labute approximate surface area is 138 Å². The molecule has 0 amide bonds. The van der Waals surface area contributed by atoms with Gasteiger partial charge in [-0.3, -0.25) is 0 Å². The summed E-state index contributed by atoms with van der Waals surface area (Å²) in [5, 5.41) is 4.09. The number of halogens is 2. The van der Waals surface area contributed by atoms with Crippen molar-refractivity contribution in [2.24, 2.45) is 0 Å². The van der Waals surface area contributed by atoms with Crippen molar-refractivity contribution in [2.45, 2.75) is 6.54 Å². The average Bonchev–Trinajstić information content (AvgIpc) is 2.47. The molecule has 0 unspecified atom stereocenters. The highest BCUT2D eigenvalue weighted by atomic mass is 79.9. The number of methoxy groups -OCH3 is 1. The Morgan fingerprint density at radius 3 is 2.76 bits per heavy atom. The molecule has 0 saturated carbocycles. The van der Waals surface area contributed by atoms with Crippen LogP contribution in [0.15, 0.2) is 34.9 Å². The number of hydrogen-bond donors (Lipinski definition) is 1. The number of rotatable bonds is 5. The van der Waals surface area contributed by atoms with Gasteiger partial charge in [-0.1, -0.05) is 27.5 Å². The first kappa shape index (κ1) is 15.9. The second-order valence-corrected chi connectivity index (χ2v) is 5.99. The number of ether oxygens (including phenoxy) is 1. The Morgan fingerprint density at radius 1 is 1.33 bits per heavy atom. The molecule has 0 fully saturated rings. The Hall–Kier alpha value is -1.46. The van der Waals surface area contributed by atoms with E-state index >= 15 is 0 Å². The number of anilines is 2. The van der Waals surface area contributed by atoms with E-state index in [4.69, 9.17) is 16.3 Å². The molecule has 0 radical (unpaired) electrons. The minimum atomic E-state index is 0.569. The summed E-state index contributed by atoms with van der Waals surface area (Å²) in [6.07, 6.45) is 1.73. The largest absolute Gasteiger partial charge is 0.479 e. The second-order valence-electron chi connectivity index (χ2n) is 4.70. The van der Waals surface area contributed by atoms with E-state index in [-0.39, 0.29) is 0 Å². The van der Waals surface area contributed by atoms with Crippen LogP contribution in [0.5, 0.6) is 5.88 Å². The van der Waals surface area contributed by atoms with Gasteiger partial charge in [0.15, 0.2) is 0 Å². The van der Waals surface area contributed by atoms with Crippen LogP contribution in [0.3, 0.4) is 0 Å². The Morgan fingerprint density at radius 2 is 2.10 bits per heavy atom. The number of nitrogens with zero attached hydrogens (tertiary/aromatic N) is 2. The SMILES string of the molecule is COc1nccc(N(C)C)c1NCc1cc(Cl)ccc1Br. The lowest BCUT2D eigenvalue weighted by Crippen LogP contribution is -2.13. The standard InChI is InChI=1S/C15H17BrClN3O/c1-20(2)13-6-7-18-15(21-3)14(13)19-9-10-8-11(17)4-5-12(10)16/h4-8,19H,9H2,1-3H3. The van der Waals surface area contributed by atoms with E-state index in [1.54, 1.807) is 13.3 Å². The molecule has 1 heterocycles. The lowest BCUT2D eigenvalue weighted by Gasteiger charge is -2.20. The predicted molar refractivity (Wildman–Crippen MR) is 91.6 cm³/mol. The van der Waals surface area contributed by atoms with Crippen LogP contribution in [-0.4, -0.2) is 26.2 Å². The molecule has 1 aromatic heterocycles. The zero-order chi connectivity index (χ0) is 15.4. The van der Waals surface area contributed by atoms with Gasteiger partial charge in [-0.2, -0.15) is 0 Å². The number of benzene rings is 1. The lowest BCUT2D eigenvalue weighted by atomic mass is 10.2. The van der Waals surface area contributed by atoms with E-state index in [1.807, 2.05) is 43.3 Å². The highest BCUT2D eigenvalue weighted by molar-refractivity contribution is 9.10. The van der Waals surface area contributed by atoms with Gasteiger partial charge in [0, 0.05) is 36.3 Å². The number of aromatic nitrogens is 1. The van der Waals surface area contributed by atoms with Gasteiger partial charge in [-0.25, -0.2) is 4.98 Å². The molecule has 0 aliphatic carbocycles. The fourth-order valence-corrected chi connectivity index (χ4v) is 2.57. The molecule has 1 aromatic carbocycles. The zero-order valence-corrected chi connectivity index (χ0v) is 14.5. The van der Waals surface area contributed by atoms with Crippen molar-refractivity contribution in [3.05, 3.63) is 45.5 Å². The molecule has 0 atom stereocenters. The molecule has 0 aliphatic rings. The van der Waals surface area contributed by atoms with E-state index in [0.717, 1.165) is 21.4 Å². The molecule has 0 saturated heterocycles. The quantitative estimate of drug-likeness (QED) is 0.856. The van der Waals surface area contributed by atoms with Crippen LogP contribution in [-0.2, 0) is 6.54 Å². The predicted octanol–water partition coefficient (Wildman–Crippen LogP) is 4.18. The molecule has 0 spiro atoms. The molecular formula is C15H17BrClN3O. The van der Waals surface area contributed by atoms with E-state index in [9.17, 15) is 0 Å². The van der Waals surface area contributed by atoms with E-state index < -0.39 is 0 Å². The van der Waals surface area contributed by atoms with Crippen molar-refractivity contribution in [3.8, 4) is 5.88 Å². The summed E-state index contributed by atoms with van der Waals surface area (Å²) in [4.78, 5) is 6.26. The minimum absolute atomic E-state index is 0.569. The van der Waals surface area contributed by atoms with Gasteiger partial charge in [-0.05, 0) is 29.8 Å². The van der Waals surface area contributed by atoms with Crippen molar-refractivity contribution in [2.75, 3.05) is 31.4 Å². The molecule has 21 heavy (non-hydrogen) atoms. The summed E-state index contributed by atoms with van der Waals surface area (Å²) in [5.41, 5.74) is 2.94. The van der Waals surface area contributed by atoms with Gasteiger partial charge in [0.05, 0.1) is 12.8 Å². The Bertz CT molecular complexity index is 634. The van der Waals surface area contributed by atoms with Crippen LogP contribution < -0.4 is 15.0 Å². The first-order valence-electron chi connectivity index (χ1n) is 6.41. The molecule has 0 aliphatic heterocycles. The number of nitrogens with one attached hydrogen (secondary N) is 1. The smallest absolute Gasteiger partial charge is 0.239 e. The lowest BCUT2D eigenvalue weighted by molar-refractivity contribution is 0.400. The molecule has 6 heteroatoms. The van der Waals surface area contributed by atoms with E-state index in [0.29, 0.717) is 17.4 Å². The van der Waals surface area contributed by atoms with Crippen molar-refractivity contribution in [1.82, 2.24) is 4.98 Å². The van der Waals surface area contributed by atoms with Gasteiger partial charge in [0.2, 0.25) is 5.88 Å². The van der Waals surface area contributed by atoms with Crippen molar-refractivity contribution >= 4 is 38.9 Å². The van der Waals surface area contributed by atoms with Crippen LogP contribution in [0.1, 0.15) is 5.56 Å². The minimum Gasteiger partial charge on any atom is -0.479 e. The van der Waals surface area contributed by atoms with Crippen LogP contribution >= 0.6 is 27.5 Å². The Kier molecular flexibility index (Phi) is 5.31. The van der Waals surface area contributed by atoms with Crippen LogP contribution in [0.2, 0.25) is 5.02 Å². The van der Waals surface area contributed by atoms with Crippen LogP contribution in [0.25, 0.3) is 0 Å². The molecule has 4 nitrogen and oxygen atoms in total. The third-order valence-electron chi connectivity index (χ3n) is 3.03. The van der Waals surface area contributed by atoms with Crippen molar-refractivity contribution < 1.29 is 4.74 Å². The van der Waals surface area contributed by atoms with E-state index in [2.05, 4.69) is 26.2 Å². The van der Waals surface area contributed by atoms with Crippen LogP contribution in [0.4, 0.5) is 11.4 Å². The molecule has 0 bridgehead atoms. The maximum absolute atomic E-state index is 6.04. The number of pyridine rings is 1. The summed E-state index contributed by atoms with van der Waals surface area (Å²) in [7, 11) is 5.58. The summed E-state index contributed by atoms with van der Waals surface area (Å²) in [6, 6.07) is 7.66. The topological polar surface area (TPSA) is 37.4 Å². The van der Waals surface area contributed by atoms with Crippen molar-refractivity contribution in [1.29, 1.82) is 0 Å². The average molecular weight is 371 g/mol. The molecule has 1 N–H and O–H groups in total. The van der Waals surface area contributed by atoms with Gasteiger partial charge in [0.25, 0.3) is 0 Å². The van der Waals surface area contributed by atoms with Crippen LogP contribution in [0, 0.1) is 0 Å². The van der Waals surface area contributed by atoms with Gasteiger partial charge >= 0.3 is 0 Å². The maximum Gasteiger partial charge on any atom is 0.239 e. The fraction of sp³-hybridized carbons (Fsp3) is 0.267. The highest BCUT2D eigenvalue weighted by Crippen LogP contribution is 2.33. The molecule has 112 valence electrons. The third kappa shape index (κ3) is 3.80. The van der Waals surface area contributed by atoms with Gasteiger partial charge < -0.3 is 15.0 Å². The third-order valence-corrected chi connectivity index (χ3v) is 4.04. The summed E-state index contributed by atoms with van der Waals surface area (Å²) in [6.45, 7) is 0.615. The first-order chi connectivity index (χ1) is 10.0. The highest BCUT2D eigenvalue weighted by Gasteiger charge is 2.12. The van der Waals surface area contributed by atoms with Gasteiger partial charge in [0.1, 0.15) is 5.69 Å². The maximum atomic E-state index is 6.04. The first-order valence-corrected chi connectivity index (χ1v) is 7.58. The van der Waals surface area contributed by atoms with E-state index in [1.165, 1.54) is 0 Å². The van der Waals surface area contributed by atoms with Gasteiger partial charge in [-0.15, -0.1) is 0 Å². The fourth-order valence-electron chi connectivity index (χ4n) is 1.99. The molecule has 2 rings (SSSR count). The normalized spacial score (nSPS) is 10.3. The Balaban J connectivity index is 2.29. The monoisotopic (exact) mass is 369 g/mol. The number of hydrogen-bond acceptors (Lipinski definition) is 4. The summed E-state index contributed by atoms with van der Waals surface area (Å²) < 4.78 is 6.35. The summed E-state index contributed by atoms with van der Waals surface area (Å²) in [5.74, 6) is 0.569. The summed E-state index contributed by atoms with van der Waals surface area (Å²) >= 11 is 9.58. The molecule has 2 aromatic rings. The second kappa shape index (κ2) is 7.00. The molecular weight excluding hydrogens is 354 g/mol.